The summed E-state index contributed by atoms with van der Waals surface area (Å²) in [5.41, 5.74) is 0. The third-order valence-corrected chi connectivity index (χ3v) is 4.99. The molecule has 2 heterocycles. The highest BCUT2D eigenvalue weighted by molar-refractivity contribution is 8.00. The lowest BCUT2D eigenvalue weighted by Gasteiger charge is -2.22. The Kier molecular flexibility index (Phi) is 4.92. The molecule has 1 fully saturated rings. The van der Waals surface area contributed by atoms with Gasteiger partial charge in [-0.1, -0.05) is 31.0 Å². The summed E-state index contributed by atoms with van der Waals surface area (Å²) >= 11 is 1.37. The Balaban J connectivity index is 1.51. The number of aromatic nitrogens is 4. The minimum atomic E-state index is -0.207. The van der Waals surface area contributed by atoms with Crippen LogP contribution >= 0.6 is 11.8 Å². The van der Waals surface area contributed by atoms with Crippen LogP contribution in [0.5, 0.6) is 0 Å². The molecule has 0 saturated heterocycles. The van der Waals surface area contributed by atoms with Gasteiger partial charge in [0.2, 0.25) is 11.1 Å². The summed E-state index contributed by atoms with van der Waals surface area (Å²) in [4.78, 5) is 20.6. The summed E-state index contributed by atoms with van der Waals surface area (Å²) in [5, 5.41) is 7.75. The van der Waals surface area contributed by atoms with Crippen molar-refractivity contribution in [2.24, 2.45) is 5.92 Å². The molecule has 2 aromatic rings. The molecule has 2 aromatic heterocycles. The number of hydrogen-bond donors (Lipinski definition) is 1. The Morgan fingerprint density at radius 2 is 2.27 bits per heavy atom. The van der Waals surface area contributed by atoms with Crippen molar-refractivity contribution in [1.29, 1.82) is 0 Å². The summed E-state index contributed by atoms with van der Waals surface area (Å²) < 4.78 is 1.62. The Morgan fingerprint density at radius 1 is 1.45 bits per heavy atom. The average molecular weight is 319 g/mol. The lowest BCUT2D eigenvalue weighted by atomic mass is 9.89. The van der Waals surface area contributed by atoms with Gasteiger partial charge in [0.1, 0.15) is 0 Å². The van der Waals surface area contributed by atoms with Crippen molar-refractivity contribution in [3.63, 3.8) is 0 Å². The number of nitrogens with zero attached hydrogens (tertiary/aromatic N) is 4. The summed E-state index contributed by atoms with van der Waals surface area (Å²) in [6.45, 7) is 2.68. The van der Waals surface area contributed by atoms with E-state index in [1.54, 1.807) is 23.0 Å². The number of carbonyl (C=O) groups is 1. The maximum atomic E-state index is 12.2. The molecular weight excluding hydrogens is 298 g/mol. The second-order valence-corrected chi connectivity index (χ2v) is 7.08. The van der Waals surface area contributed by atoms with Crippen LogP contribution < -0.4 is 5.32 Å². The van der Waals surface area contributed by atoms with Crippen molar-refractivity contribution in [1.82, 2.24) is 24.9 Å². The standard InChI is InChI=1S/C15H21N5OS/c1-11(13(21)17-10-12-6-3-2-4-7-12)22-15-18-14-16-8-5-9-20(14)19-15/h5,8-9,11-12H,2-4,6-7,10H2,1H3,(H,17,21)/t11-/m1/s1. The topological polar surface area (TPSA) is 72.2 Å². The third kappa shape index (κ3) is 3.76. The molecule has 1 amide bonds. The van der Waals surface area contributed by atoms with E-state index in [1.807, 2.05) is 6.92 Å². The zero-order valence-corrected chi connectivity index (χ0v) is 13.6. The fourth-order valence-corrected chi connectivity index (χ4v) is 3.53. The molecule has 118 valence electrons. The first-order valence-corrected chi connectivity index (χ1v) is 8.72. The Bertz CT molecular complexity index is 605. The van der Waals surface area contributed by atoms with Gasteiger partial charge >= 0.3 is 0 Å². The smallest absolute Gasteiger partial charge is 0.253 e. The van der Waals surface area contributed by atoms with E-state index in [1.165, 1.54) is 43.9 Å². The van der Waals surface area contributed by atoms with Crippen molar-refractivity contribution >= 4 is 23.4 Å². The third-order valence-electron chi connectivity index (χ3n) is 4.04. The molecule has 0 radical (unpaired) electrons. The minimum absolute atomic E-state index is 0.0578. The van der Waals surface area contributed by atoms with E-state index < -0.39 is 0 Å². The van der Waals surface area contributed by atoms with E-state index in [0.29, 0.717) is 16.9 Å². The van der Waals surface area contributed by atoms with Gasteiger partial charge in [0.15, 0.2) is 0 Å². The monoisotopic (exact) mass is 319 g/mol. The molecule has 0 bridgehead atoms. The first-order chi connectivity index (χ1) is 10.7. The van der Waals surface area contributed by atoms with E-state index in [4.69, 9.17) is 0 Å². The van der Waals surface area contributed by atoms with E-state index in [0.717, 1.165) is 6.54 Å². The first-order valence-electron chi connectivity index (χ1n) is 7.84. The SMILES string of the molecule is C[C@@H](Sc1nc2ncccn2n1)C(=O)NCC1CCCCC1. The largest absolute Gasteiger partial charge is 0.355 e. The van der Waals surface area contributed by atoms with E-state index >= 15 is 0 Å². The Morgan fingerprint density at radius 3 is 3.05 bits per heavy atom. The molecule has 1 saturated carbocycles. The lowest BCUT2D eigenvalue weighted by molar-refractivity contribution is -0.120. The van der Waals surface area contributed by atoms with Gasteiger partial charge in [0, 0.05) is 18.9 Å². The number of thioether (sulfide) groups is 1. The van der Waals surface area contributed by atoms with Crippen molar-refractivity contribution in [3.05, 3.63) is 18.5 Å². The van der Waals surface area contributed by atoms with E-state index in [2.05, 4.69) is 20.4 Å². The van der Waals surface area contributed by atoms with E-state index in [9.17, 15) is 4.79 Å². The zero-order valence-electron chi connectivity index (χ0n) is 12.7. The van der Waals surface area contributed by atoms with Crippen LogP contribution in [-0.4, -0.2) is 37.3 Å². The van der Waals surface area contributed by atoms with Crippen LogP contribution in [0.4, 0.5) is 0 Å². The minimum Gasteiger partial charge on any atom is -0.355 e. The molecule has 1 N–H and O–H groups in total. The molecule has 22 heavy (non-hydrogen) atoms. The highest BCUT2D eigenvalue weighted by Crippen LogP contribution is 2.23. The summed E-state index contributed by atoms with van der Waals surface area (Å²) in [6.07, 6.45) is 9.88. The van der Waals surface area contributed by atoms with Crippen LogP contribution in [0.1, 0.15) is 39.0 Å². The summed E-state index contributed by atoms with van der Waals surface area (Å²) in [5.74, 6) is 1.26. The molecule has 0 aromatic carbocycles. The number of fused-ring (bicyclic) bond motifs is 1. The normalized spacial score (nSPS) is 17.5. The molecule has 6 nitrogen and oxygen atoms in total. The zero-order chi connectivity index (χ0) is 15.4. The number of rotatable bonds is 5. The predicted octanol–water partition coefficient (Wildman–Crippen LogP) is 2.30. The van der Waals surface area contributed by atoms with Gasteiger partial charge < -0.3 is 5.32 Å². The van der Waals surface area contributed by atoms with Crippen molar-refractivity contribution in [2.75, 3.05) is 6.54 Å². The lowest BCUT2D eigenvalue weighted by Crippen LogP contribution is -2.35. The number of hydrogen-bond acceptors (Lipinski definition) is 5. The van der Waals surface area contributed by atoms with Crippen LogP contribution in [-0.2, 0) is 4.79 Å². The van der Waals surface area contributed by atoms with Gasteiger partial charge in [0.05, 0.1) is 5.25 Å². The molecule has 0 aliphatic heterocycles. The summed E-state index contributed by atoms with van der Waals surface area (Å²) in [6, 6.07) is 1.80. The number of nitrogens with one attached hydrogen (secondary N) is 1. The second kappa shape index (κ2) is 7.09. The summed E-state index contributed by atoms with van der Waals surface area (Å²) in [7, 11) is 0. The molecule has 7 heteroatoms. The first kappa shape index (κ1) is 15.3. The van der Waals surface area contributed by atoms with Crippen LogP contribution in [0, 0.1) is 5.92 Å². The highest BCUT2D eigenvalue weighted by Gasteiger charge is 2.19. The molecule has 0 unspecified atom stereocenters. The Labute approximate surface area is 134 Å². The van der Waals surface area contributed by atoms with Gasteiger partial charge in [-0.15, -0.1) is 5.10 Å². The van der Waals surface area contributed by atoms with Crippen molar-refractivity contribution in [3.8, 4) is 0 Å². The van der Waals surface area contributed by atoms with Crippen molar-refractivity contribution < 1.29 is 4.79 Å². The van der Waals surface area contributed by atoms with Crippen LogP contribution in [0.2, 0.25) is 0 Å². The van der Waals surface area contributed by atoms with Gasteiger partial charge in [-0.05, 0) is 31.7 Å². The highest BCUT2D eigenvalue weighted by atomic mass is 32.2. The second-order valence-electron chi connectivity index (χ2n) is 5.77. The quantitative estimate of drug-likeness (QED) is 0.856. The van der Waals surface area contributed by atoms with E-state index in [-0.39, 0.29) is 11.2 Å². The fraction of sp³-hybridized carbons (Fsp3) is 0.600. The molecule has 1 aliphatic carbocycles. The molecule has 1 aliphatic rings. The van der Waals surface area contributed by atoms with Gasteiger partial charge in [0.25, 0.3) is 5.78 Å². The van der Waals surface area contributed by atoms with Gasteiger partial charge in [-0.25, -0.2) is 9.50 Å². The molecule has 1 atom stereocenters. The fourth-order valence-electron chi connectivity index (χ4n) is 2.76. The number of carbonyl (C=O) groups excluding carboxylic acids is 1. The maximum Gasteiger partial charge on any atom is 0.253 e. The molecule has 3 rings (SSSR count). The van der Waals surface area contributed by atoms with Crippen LogP contribution in [0.25, 0.3) is 5.78 Å². The van der Waals surface area contributed by atoms with Gasteiger partial charge in [-0.2, -0.15) is 4.98 Å². The Hall–Kier alpha value is -1.63. The van der Waals surface area contributed by atoms with Crippen LogP contribution in [0.15, 0.2) is 23.6 Å². The number of amides is 1. The van der Waals surface area contributed by atoms with Crippen LogP contribution in [0.3, 0.4) is 0 Å². The van der Waals surface area contributed by atoms with Crippen molar-refractivity contribution in [2.45, 2.75) is 49.4 Å². The molecular formula is C15H21N5OS. The molecule has 0 spiro atoms. The predicted molar refractivity (Wildman–Crippen MR) is 85.7 cm³/mol. The van der Waals surface area contributed by atoms with Gasteiger partial charge in [-0.3, -0.25) is 4.79 Å². The maximum absolute atomic E-state index is 12.2. The average Bonchev–Trinajstić information content (AvgIpc) is 2.95.